The molecule has 1 aromatic carbocycles. The molecule has 1 aromatic rings. The molecule has 2 aliphatic rings. The molecule has 2 heteroatoms. The monoisotopic (exact) mass is 389 g/mol. The summed E-state index contributed by atoms with van der Waals surface area (Å²) in [4.78, 5) is 11.8. The van der Waals surface area contributed by atoms with E-state index in [9.17, 15) is 4.79 Å². The summed E-state index contributed by atoms with van der Waals surface area (Å²) in [7, 11) is 0. The van der Waals surface area contributed by atoms with Gasteiger partial charge in [0.05, 0.1) is 6.07 Å². The number of aryl methyl sites for hydroxylation is 1. The molecule has 2 saturated carbocycles. The van der Waals surface area contributed by atoms with Gasteiger partial charge in [0.1, 0.15) is 6.29 Å². The maximum Gasteiger partial charge on any atom is 0.129 e. The van der Waals surface area contributed by atoms with Crippen LogP contribution in [0.4, 0.5) is 0 Å². The van der Waals surface area contributed by atoms with Gasteiger partial charge in [0.2, 0.25) is 0 Å². The van der Waals surface area contributed by atoms with E-state index in [0.29, 0.717) is 0 Å². The van der Waals surface area contributed by atoms with Crippen molar-refractivity contribution in [3.63, 3.8) is 0 Å². The first kappa shape index (κ1) is 21.6. The Bertz CT molecular complexity index is 736. The van der Waals surface area contributed by atoms with Gasteiger partial charge in [-0.25, -0.2) is 0 Å². The van der Waals surface area contributed by atoms with Crippen molar-refractivity contribution in [2.24, 2.45) is 17.3 Å². The van der Waals surface area contributed by atoms with Crippen LogP contribution in [0.2, 0.25) is 0 Å². The Morgan fingerprint density at radius 1 is 1.00 bits per heavy atom. The van der Waals surface area contributed by atoms with Crippen LogP contribution in [0, 0.1) is 28.6 Å². The van der Waals surface area contributed by atoms with Crippen LogP contribution in [0.15, 0.2) is 48.6 Å². The van der Waals surface area contributed by atoms with E-state index in [1.165, 1.54) is 55.7 Å². The minimum absolute atomic E-state index is 0.312. The molecule has 2 nitrogen and oxygen atoms in total. The number of benzene rings is 1. The Labute approximate surface area is 176 Å². The average molecular weight is 390 g/mol. The Balaban J connectivity index is 1.49. The summed E-state index contributed by atoms with van der Waals surface area (Å²) in [6.45, 7) is 2.24. The summed E-state index contributed by atoms with van der Waals surface area (Å²) in [5, 5.41) is 8.59. The molecule has 0 radical (unpaired) electrons. The minimum atomic E-state index is -0.312. The molecule has 0 atom stereocenters. The Morgan fingerprint density at radius 3 is 2.24 bits per heavy atom. The highest BCUT2D eigenvalue weighted by Crippen LogP contribution is 2.47. The molecule has 0 bridgehead atoms. The van der Waals surface area contributed by atoms with Crippen LogP contribution in [0.25, 0.3) is 0 Å². The quantitative estimate of drug-likeness (QED) is 0.288. The van der Waals surface area contributed by atoms with Crippen molar-refractivity contribution >= 4 is 6.29 Å². The predicted molar refractivity (Wildman–Crippen MR) is 119 cm³/mol. The number of rotatable bonds is 7. The van der Waals surface area contributed by atoms with Crippen molar-refractivity contribution in [3.05, 3.63) is 59.7 Å². The largest absolute Gasteiger partial charge is 0.302 e. The van der Waals surface area contributed by atoms with Crippen molar-refractivity contribution in [1.82, 2.24) is 0 Å². The molecule has 0 heterocycles. The van der Waals surface area contributed by atoms with E-state index in [4.69, 9.17) is 5.26 Å². The zero-order valence-electron chi connectivity index (χ0n) is 17.9. The number of hydrogen-bond donors (Lipinski definition) is 0. The highest BCUT2D eigenvalue weighted by atomic mass is 16.1. The van der Waals surface area contributed by atoms with Gasteiger partial charge < -0.3 is 4.79 Å². The first-order valence-electron chi connectivity index (χ1n) is 11.5. The van der Waals surface area contributed by atoms with Crippen molar-refractivity contribution in [2.45, 2.75) is 77.0 Å². The van der Waals surface area contributed by atoms with Gasteiger partial charge in [-0.2, -0.15) is 5.26 Å². The number of nitrogens with zero attached hydrogens (tertiary/aromatic N) is 1. The number of nitriles is 1. The van der Waals surface area contributed by atoms with Crippen LogP contribution < -0.4 is 0 Å². The summed E-state index contributed by atoms with van der Waals surface area (Å²) in [6, 6.07) is 11.4. The summed E-state index contributed by atoms with van der Waals surface area (Å²) < 4.78 is 0. The third kappa shape index (κ3) is 5.69. The molecule has 0 aliphatic heterocycles. The molecule has 3 rings (SSSR count). The summed E-state index contributed by atoms with van der Waals surface area (Å²) in [5.74, 6) is 2.34. The number of carbonyl (C=O) groups is 1. The van der Waals surface area contributed by atoms with Crippen molar-refractivity contribution < 1.29 is 4.79 Å². The minimum Gasteiger partial charge on any atom is -0.302 e. The molecule has 0 unspecified atom stereocenters. The third-order valence-corrected chi connectivity index (χ3v) is 7.33. The summed E-state index contributed by atoms with van der Waals surface area (Å²) >= 11 is 0. The molecule has 0 N–H and O–H groups in total. The predicted octanol–water partition coefficient (Wildman–Crippen LogP) is 6.92. The lowest BCUT2D eigenvalue weighted by Crippen LogP contribution is -2.31. The van der Waals surface area contributed by atoms with Crippen molar-refractivity contribution in [3.8, 4) is 6.07 Å². The summed E-state index contributed by atoms with van der Waals surface area (Å²) in [6.07, 6.45) is 20.1. The second kappa shape index (κ2) is 10.6. The van der Waals surface area contributed by atoms with Crippen molar-refractivity contribution in [1.29, 1.82) is 5.26 Å². The molecule has 2 aliphatic carbocycles. The number of hydrogen-bond acceptors (Lipinski definition) is 2. The Morgan fingerprint density at radius 2 is 1.66 bits per heavy atom. The first-order chi connectivity index (χ1) is 14.2. The fourth-order valence-corrected chi connectivity index (χ4v) is 5.49. The highest BCUT2D eigenvalue weighted by molar-refractivity contribution is 5.63. The first-order valence-corrected chi connectivity index (χ1v) is 11.5. The number of aldehydes is 1. The van der Waals surface area contributed by atoms with E-state index in [-0.39, 0.29) is 5.41 Å². The summed E-state index contributed by atoms with van der Waals surface area (Å²) in [5.41, 5.74) is 2.68. The van der Waals surface area contributed by atoms with Gasteiger partial charge in [-0.15, -0.1) is 0 Å². The second-order valence-electron chi connectivity index (χ2n) is 9.14. The Hall–Kier alpha value is -2.14. The molecule has 154 valence electrons. The zero-order valence-corrected chi connectivity index (χ0v) is 17.9. The molecule has 2 fully saturated rings. The molecular weight excluding hydrogens is 354 g/mol. The fraction of sp³-hybridized carbons (Fsp3) is 0.556. The maximum atomic E-state index is 11.8. The standard InChI is InChI=1S/C27H35NO/c1-2-6-22-7-9-23(10-8-22)24-11-13-25(14-12-24)26-15-18-27(21-29,19-16-26)17-4-3-5-20-28/h3-5,7-10,17,21,24-26H,2,6,11-16,18-19H2,1H3. The van der Waals surface area contributed by atoms with E-state index in [1.54, 1.807) is 6.08 Å². The van der Waals surface area contributed by atoms with E-state index in [1.807, 2.05) is 18.2 Å². The number of allylic oxidation sites excluding steroid dienone is 4. The molecular formula is C27H35NO. The fourth-order valence-electron chi connectivity index (χ4n) is 5.49. The normalized spacial score (nSPS) is 30.4. The van der Waals surface area contributed by atoms with Gasteiger partial charge in [-0.1, -0.05) is 55.8 Å². The number of carbonyl (C=O) groups excluding carboxylic acids is 1. The maximum absolute atomic E-state index is 11.8. The van der Waals surface area contributed by atoms with Gasteiger partial charge in [-0.3, -0.25) is 0 Å². The van der Waals surface area contributed by atoms with Crippen LogP contribution in [0.1, 0.15) is 81.8 Å². The van der Waals surface area contributed by atoms with Gasteiger partial charge >= 0.3 is 0 Å². The third-order valence-electron chi connectivity index (χ3n) is 7.33. The van der Waals surface area contributed by atoms with Crippen LogP contribution in [0.5, 0.6) is 0 Å². The lowest BCUT2D eigenvalue weighted by Gasteiger charge is -2.40. The van der Waals surface area contributed by atoms with E-state index in [0.717, 1.165) is 49.7 Å². The lowest BCUT2D eigenvalue weighted by atomic mass is 9.64. The topological polar surface area (TPSA) is 40.9 Å². The van der Waals surface area contributed by atoms with E-state index < -0.39 is 0 Å². The smallest absolute Gasteiger partial charge is 0.129 e. The van der Waals surface area contributed by atoms with Crippen LogP contribution in [0.3, 0.4) is 0 Å². The molecule has 0 aromatic heterocycles. The van der Waals surface area contributed by atoms with Crippen molar-refractivity contribution in [2.75, 3.05) is 0 Å². The molecule has 29 heavy (non-hydrogen) atoms. The molecule has 0 amide bonds. The van der Waals surface area contributed by atoms with Gasteiger partial charge in [0, 0.05) is 11.5 Å². The van der Waals surface area contributed by atoms with Gasteiger partial charge in [-0.05, 0) is 86.7 Å². The zero-order chi connectivity index (χ0) is 20.5. The average Bonchev–Trinajstić information content (AvgIpc) is 2.78. The van der Waals surface area contributed by atoms with E-state index in [2.05, 4.69) is 31.2 Å². The van der Waals surface area contributed by atoms with Crippen LogP contribution in [-0.2, 0) is 11.2 Å². The SMILES string of the molecule is CCCc1ccc(C2CCC(C3CCC(C=O)(C=CC=CC#N)CC3)CC2)cc1. The Kier molecular flexibility index (Phi) is 7.87. The highest BCUT2D eigenvalue weighted by Gasteiger charge is 2.37. The molecule has 0 saturated heterocycles. The van der Waals surface area contributed by atoms with Gasteiger partial charge in [0.15, 0.2) is 0 Å². The molecule has 0 spiro atoms. The van der Waals surface area contributed by atoms with Crippen LogP contribution >= 0.6 is 0 Å². The van der Waals surface area contributed by atoms with Crippen LogP contribution in [-0.4, -0.2) is 6.29 Å². The second-order valence-corrected chi connectivity index (χ2v) is 9.14. The lowest BCUT2D eigenvalue weighted by molar-refractivity contribution is -0.116. The van der Waals surface area contributed by atoms with Gasteiger partial charge in [0.25, 0.3) is 0 Å². The van der Waals surface area contributed by atoms with E-state index >= 15 is 0 Å².